The Labute approximate surface area is 200 Å². The normalized spacial score (nSPS) is 17.5. The molecule has 1 aliphatic rings. The second-order valence-electron chi connectivity index (χ2n) is 9.25. The lowest BCUT2D eigenvalue weighted by molar-refractivity contribution is 0.0981. The molecule has 9 heteroatoms. The Bertz CT molecular complexity index is 1350. The number of hydrogen-bond donors (Lipinski definition) is 2. The van der Waals surface area contributed by atoms with Crippen molar-refractivity contribution in [2.75, 3.05) is 17.2 Å². The molecule has 4 rings (SSSR count). The minimum atomic E-state index is -4.22. The molecule has 3 heterocycles. The van der Waals surface area contributed by atoms with Gasteiger partial charge in [0, 0.05) is 23.8 Å². The van der Waals surface area contributed by atoms with Gasteiger partial charge in [-0.1, -0.05) is 30.7 Å². The van der Waals surface area contributed by atoms with Crippen molar-refractivity contribution in [1.29, 1.82) is 0 Å². The van der Waals surface area contributed by atoms with Crippen molar-refractivity contribution in [3.05, 3.63) is 65.9 Å². The predicted molar refractivity (Wildman–Crippen MR) is 133 cm³/mol. The number of anilines is 2. The molecule has 1 aliphatic heterocycles. The number of amides is 1. The Balaban J connectivity index is 1.79. The molecule has 8 nitrogen and oxygen atoms in total. The molecule has 3 N–H and O–H groups in total. The van der Waals surface area contributed by atoms with E-state index in [0.29, 0.717) is 24.0 Å². The number of aryl methyl sites for hydroxylation is 1. The molecule has 1 saturated heterocycles. The first-order valence-electron chi connectivity index (χ1n) is 11.1. The Morgan fingerprint density at radius 1 is 1.18 bits per heavy atom. The van der Waals surface area contributed by atoms with Crippen LogP contribution in [0, 0.1) is 12.8 Å². The Morgan fingerprint density at radius 2 is 1.94 bits per heavy atom. The van der Waals surface area contributed by atoms with Crippen LogP contribution in [0.3, 0.4) is 0 Å². The largest absolute Gasteiger partial charge is 0.383 e. The van der Waals surface area contributed by atoms with Gasteiger partial charge in [-0.05, 0) is 63.4 Å². The smallest absolute Gasteiger partial charge is 0.268 e. The van der Waals surface area contributed by atoms with Crippen molar-refractivity contribution in [1.82, 2.24) is 14.7 Å². The molecule has 0 saturated carbocycles. The molecule has 1 unspecified atom stereocenters. The zero-order valence-electron chi connectivity index (χ0n) is 19.7. The number of aromatic nitrogens is 2. The lowest BCUT2D eigenvalue weighted by Gasteiger charge is -2.36. The van der Waals surface area contributed by atoms with Crippen molar-refractivity contribution >= 4 is 27.6 Å². The van der Waals surface area contributed by atoms with Gasteiger partial charge in [0.2, 0.25) is 0 Å². The van der Waals surface area contributed by atoms with Gasteiger partial charge in [-0.15, -0.1) is 0 Å². The van der Waals surface area contributed by atoms with Gasteiger partial charge >= 0.3 is 0 Å². The summed E-state index contributed by atoms with van der Waals surface area (Å²) in [5, 5.41) is 0. The third kappa shape index (κ3) is 4.35. The van der Waals surface area contributed by atoms with Gasteiger partial charge in [-0.2, -0.15) is 0 Å². The lowest BCUT2D eigenvalue weighted by Crippen LogP contribution is -2.43. The van der Waals surface area contributed by atoms with Crippen LogP contribution >= 0.6 is 0 Å². The zero-order chi connectivity index (χ0) is 24.7. The van der Waals surface area contributed by atoms with Gasteiger partial charge in [0.25, 0.3) is 15.9 Å². The predicted octanol–water partition coefficient (Wildman–Crippen LogP) is 3.78. The summed E-state index contributed by atoms with van der Waals surface area (Å²) in [5.74, 6) is -0.116. The molecule has 178 valence electrons. The molecule has 0 radical (unpaired) electrons. The van der Waals surface area contributed by atoms with Crippen molar-refractivity contribution in [2.45, 2.75) is 44.6 Å². The van der Waals surface area contributed by atoms with E-state index in [2.05, 4.69) is 35.4 Å². The summed E-state index contributed by atoms with van der Waals surface area (Å²) in [4.78, 5) is 23.8. The number of nitrogens with two attached hydrogens (primary N) is 1. The number of rotatable bonds is 5. The summed E-state index contributed by atoms with van der Waals surface area (Å²) >= 11 is 0. The first kappa shape index (κ1) is 23.7. The molecule has 0 spiro atoms. The molecule has 34 heavy (non-hydrogen) atoms. The van der Waals surface area contributed by atoms with Crippen LogP contribution in [0.15, 0.2) is 59.6 Å². The van der Waals surface area contributed by atoms with Gasteiger partial charge in [-0.3, -0.25) is 4.79 Å². The van der Waals surface area contributed by atoms with Crippen LogP contribution in [0.4, 0.5) is 11.6 Å². The molecular formula is C25H29N5O3S. The van der Waals surface area contributed by atoms with E-state index >= 15 is 0 Å². The van der Waals surface area contributed by atoms with E-state index in [-0.39, 0.29) is 21.8 Å². The molecule has 1 amide bonds. The van der Waals surface area contributed by atoms with Gasteiger partial charge in [-0.25, -0.2) is 23.1 Å². The summed E-state index contributed by atoms with van der Waals surface area (Å²) in [6, 6.07) is 14.1. The molecule has 0 aliphatic carbocycles. The standard InChI is InChI=1S/C25H29N5O3S/c1-16-7-5-8-18(15-16)20-11-10-19(23(28-20)30-14-12-17(2)25(30,3)4)24(31)29-34(32,33)21-9-6-13-27-22(21)26/h5-11,13,15,17H,12,14H2,1-4H3,(H2,26,27)(H,29,31). The number of carbonyl (C=O) groups excluding carboxylic acids is 1. The van der Waals surface area contributed by atoms with E-state index in [1.54, 1.807) is 12.1 Å². The summed E-state index contributed by atoms with van der Waals surface area (Å²) in [6.07, 6.45) is 2.33. The maximum absolute atomic E-state index is 13.3. The first-order chi connectivity index (χ1) is 16.0. The monoisotopic (exact) mass is 479 g/mol. The van der Waals surface area contributed by atoms with Gasteiger partial charge in [0.1, 0.15) is 16.5 Å². The van der Waals surface area contributed by atoms with Crippen LogP contribution in [0.25, 0.3) is 11.3 Å². The third-order valence-electron chi connectivity index (χ3n) is 6.69. The van der Waals surface area contributed by atoms with E-state index in [1.807, 2.05) is 31.2 Å². The fraction of sp³-hybridized carbons (Fsp3) is 0.320. The maximum atomic E-state index is 13.3. The highest BCUT2D eigenvalue weighted by Crippen LogP contribution is 2.39. The van der Waals surface area contributed by atoms with Crippen LogP contribution in [0.5, 0.6) is 0 Å². The molecule has 1 fully saturated rings. The van der Waals surface area contributed by atoms with E-state index in [4.69, 9.17) is 10.7 Å². The minimum absolute atomic E-state index is 0.176. The van der Waals surface area contributed by atoms with E-state index in [1.165, 1.54) is 18.3 Å². The molecular weight excluding hydrogens is 450 g/mol. The Kier molecular flexibility index (Phi) is 6.07. The third-order valence-corrected chi connectivity index (χ3v) is 8.07. The summed E-state index contributed by atoms with van der Waals surface area (Å²) in [5.41, 5.74) is 8.39. The highest BCUT2D eigenvalue weighted by molar-refractivity contribution is 7.90. The number of hydrogen-bond acceptors (Lipinski definition) is 7. The summed E-state index contributed by atoms with van der Waals surface area (Å²) in [7, 11) is -4.22. The highest BCUT2D eigenvalue weighted by atomic mass is 32.2. The zero-order valence-corrected chi connectivity index (χ0v) is 20.6. The van der Waals surface area contributed by atoms with Crippen molar-refractivity contribution in [3.8, 4) is 11.3 Å². The van der Waals surface area contributed by atoms with Crippen molar-refractivity contribution < 1.29 is 13.2 Å². The summed E-state index contributed by atoms with van der Waals surface area (Å²) in [6.45, 7) is 9.11. The second kappa shape index (κ2) is 8.72. The van der Waals surface area contributed by atoms with E-state index < -0.39 is 15.9 Å². The van der Waals surface area contributed by atoms with Crippen LogP contribution < -0.4 is 15.4 Å². The van der Waals surface area contributed by atoms with Crippen molar-refractivity contribution in [3.63, 3.8) is 0 Å². The molecule has 0 bridgehead atoms. The summed E-state index contributed by atoms with van der Waals surface area (Å²) < 4.78 is 27.9. The fourth-order valence-electron chi connectivity index (χ4n) is 4.27. The maximum Gasteiger partial charge on any atom is 0.268 e. The number of nitrogens with one attached hydrogen (secondary N) is 1. The second-order valence-corrected chi connectivity index (χ2v) is 10.9. The Hall–Kier alpha value is -3.46. The average molecular weight is 480 g/mol. The number of nitrogen functional groups attached to an aromatic ring is 1. The fourth-order valence-corrected chi connectivity index (χ4v) is 5.32. The topological polar surface area (TPSA) is 118 Å². The van der Waals surface area contributed by atoms with Crippen LogP contribution in [0.2, 0.25) is 0 Å². The molecule has 1 aromatic carbocycles. The van der Waals surface area contributed by atoms with Crippen LogP contribution in [-0.2, 0) is 10.0 Å². The first-order valence-corrected chi connectivity index (χ1v) is 12.6. The van der Waals surface area contributed by atoms with Crippen molar-refractivity contribution in [2.24, 2.45) is 5.92 Å². The molecule has 1 atom stereocenters. The number of nitrogens with zero attached hydrogens (tertiary/aromatic N) is 3. The van der Waals surface area contributed by atoms with E-state index in [0.717, 1.165) is 17.5 Å². The molecule has 2 aromatic heterocycles. The quantitative estimate of drug-likeness (QED) is 0.572. The molecule has 3 aromatic rings. The Morgan fingerprint density at radius 3 is 2.59 bits per heavy atom. The van der Waals surface area contributed by atoms with E-state index in [9.17, 15) is 13.2 Å². The minimum Gasteiger partial charge on any atom is -0.383 e. The van der Waals surface area contributed by atoms with Gasteiger partial charge < -0.3 is 10.6 Å². The number of sulfonamides is 1. The number of pyridine rings is 2. The van der Waals surface area contributed by atoms with Crippen LogP contribution in [-0.4, -0.2) is 36.4 Å². The van der Waals surface area contributed by atoms with Crippen LogP contribution in [0.1, 0.15) is 43.1 Å². The SMILES string of the molecule is Cc1cccc(-c2ccc(C(=O)NS(=O)(=O)c3cccnc3N)c(N3CCC(C)C3(C)C)n2)c1. The van der Waals surface area contributed by atoms with Gasteiger partial charge in [0.15, 0.2) is 0 Å². The number of carbonyl (C=O) groups is 1. The highest BCUT2D eigenvalue weighted by Gasteiger charge is 2.41. The van der Waals surface area contributed by atoms with Gasteiger partial charge in [0.05, 0.1) is 11.3 Å². The number of benzene rings is 1. The average Bonchev–Trinajstić information content (AvgIpc) is 3.05. The lowest BCUT2D eigenvalue weighted by atomic mass is 9.90.